The number of likely N-dealkylation sites (N-methyl/N-ethyl adjacent to an activating group) is 1. The molecular formula is C26H26N4O8S. The maximum Gasteiger partial charge on any atom is 0.333 e. The van der Waals surface area contributed by atoms with E-state index in [1.54, 1.807) is 0 Å². The van der Waals surface area contributed by atoms with Crippen LogP contribution in [-0.4, -0.2) is 67.2 Å². The van der Waals surface area contributed by atoms with Crippen LogP contribution >= 0.6 is 0 Å². The Hall–Kier alpha value is -3.84. The van der Waals surface area contributed by atoms with E-state index >= 15 is 0 Å². The van der Waals surface area contributed by atoms with E-state index in [2.05, 4.69) is 28.5 Å². The Balaban J connectivity index is 1.14. The molecule has 4 aliphatic heterocycles. The molecule has 4 aliphatic rings. The Morgan fingerprint density at radius 1 is 1.18 bits per heavy atom. The smallest absolute Gasteiger partial charge is 0.333 e. The van der Waals surface area contributed by atoms with Gasteiger partial charge in [-0.15, -0.1) is 5.06 Å². The summed E-state index contributed by atoms with van der Waals surface area (Å²) in [7, 11) is -5.02. The summed E-state index contributed by atoms with van der Waals surface area (Å²) >= 11 is 0. The number of hydroxylamine groups is 2. The molecule has 0 radical (unpaired) electrons. The molecule has 0 aliphatic carbocycles. The Bertz CT molecular complexity index is 1670. The number of anilines is 1. The molecule has 0 N–H and O–H groups in total. The zero-order valence-electron chi connectivity index (χ0n) is 21.2. The van der Waals surface area contributed by atoms with Crippen molar-refractivity contribution in [1.82, 2.24) is 9.64 Å². The number of nitrogens with zero attached hydrogens (tertiary/aromatic N) is 4. The number of amides is 2. The first-order valence-corrected chi connectivity index (χ1v) is 14.3. The third-order valence-corrected chi connectivity index (χ3v) is 8.62. The topological polar surface area (TPSA) is 149 Å². The van der Waals surface area contributed by atoms with Crippen LogP contribution in [0.25, 0.3) is 0 Å². The maximum absolute atomic E-state index is 12.2. The minimum absolute atomic E-state index is 0.0910. The van der Waals surface area contributed by atoms with Gasteiger partial charge in [0.25, 0.3) is 11.8 Å². The molecule has 4 heterocycles. The van der Waals surface area contributed by atoms with E-state index in [1.807, 2.05) is 12.1 Å². The standard InChI is InChI=1S/C26H26N4O8S/c1-2-28-8-5-15-10-17-21(12-19(15)28)37-22-13-20-16(11-18(22)27-17)6-9-29(20)7-3-4-25(32)38-30-24(31)14-23(26(30)33)39(34,35)36/h10-13,23H,2-9,14H2,1H3. The summed E-state index contributed by atoms with van der Waals surface area (Å²) in [5, 5.41) is -0.189. The van der Waals surface area contributed by atoms with E-state index in [9.17, 15) is 27.4 Å². The highest BCUT2D eigenvalue weighted by molar-refractivity contribution is 7.87. The van der Waals surface area contributed by atoms with Crippen LogP contribution in [0.1, 0.15) is 37.3 Å². The first-order chi connectivity index (χ1) is 18.6. The number of hydrogen-bond donors (Lipinski definition) is 0. The molecular weight excluding hydrogens is 528 g/mol. The van der Waals surface area contributed by atoms with Crippen LogP contribution in [0.5, 0.6) is 11.5 Å². The lowest BCUT2D eigenvalue weighted by molar-refractivity contribution is -0.197. The Labute approximate surface area is 223 Å². The predicted octanol–water partition coefficient (Wildman–Crippen LogP) is 0.0843. The van der Waals surface area contributed by atoms with Gasteiger partial charge >= 0.3 is 5.97 Å². The van der Waals surface area contributed by atoms with E-state index in [4.69, 9.17) is 14.6 Å². The zero-order chi connectivity index (χ0) is 27.5. The largest absolute Gasteiger partial charge is 0.747 e. The summed E-state index contributed by atoms with van der Waals surface area (Å²) < 4.78 is 41.8. The molecule has 0 aromatic heterocycles. The molecule has 1 saturated heterocycles. The number of rotatable bonds is 7. The van der Waals surface area contributed by atoms with E-state index in [0.29, 0.717) is 18.7 Å². The molecule has 1 unspecified atom stereocenters. The van der Waals surface area contributed by atoms with Gasteiger partial charge in [0.15, 0.2) is 11.5 Å². The van der Waals surface area contributed by atoms with Crippen LogP contribution in [0.3, 0.4) is 0 Å². The minimum Gasteiger partial charge on any atom is -0.747 e. The zero-order valence-corrected chi connectivity index (χ0v) is 22.0. The molecule has 39 heavy (non-hydrogen) atoms. The van der Waals surface area contributed by atoms with Gasteiger partial charge < -0.3 is 19.0 Å². The quantitative estimate of drug-likeness (QED) is 0.225. The first-order valence-electron chi connectivity index (χ1n) is 12.9. The molecule has 2 aromatic rings. The fourth-order valence-electron chi connectivity index (χ4n) is 5.56. The summed E-state index contributed by atoms with van der Waals surface area (Å²) in [6.07, 6.45) is 1.24. The fraction of sp³-hybridized carbons (Fsp3) is 0.423. The van der Waals surface area contributed by atoms with Crippen LogP contribution < -0.4 is 24.9 Å². The number of imide groups is 1. The summed E-state index contributed by atoms with van der Waals surface area (Å²) in [6.45, 7) is 5.31. The minimum atomic E-state index is -5.02. The fourth-order valence-corrected chi connectivity index (χ4v) is 6.25. The summed E-state index contributed by atoms with van der Waals surface area (Å²) in [4.78, 5) is 48.1. The average Bonchev–Trinajstić information content (AvgIpc) is 3.56. The molecule has 13 heteroatoms. The number of carbonyl (C=O) groups is 3. The average molecular weight is 555 g/mol. The highest BCUT2D eigenvalue weighted by Crippen LogP contribution is 2.41. The highest BCUT2D eigenvalue weighted by atomic mass is 32.2. The van der Waals surface area contributed by atoms with Gasteiger partial charge in [-0.05, 0) is 31.0 Å². The lowest BCUT2D eigenvalue weighted by atomic mass is 10.1. The van der Waals surface area contributed by atoms with Gasteiger partial charge in [-0.1, -0.05) is 0 Å². The van der Waals surface area contributed by atoms with Gasteiger partial charge in [0.2, 0.25) is 5.36 Å². The van der Waals surface area contributed by atoms with E-state index < -0.39 is 39.6 Å². The van der Waals surface area contributed by atoms with Crippen molar-refractivity contribution in [2.24, 2.45) is 4.99 Å². The maximum atomic E-state index is 12.2. The Kier molecular flexibility index (Phi) is 6.14. The second kappa shape index (κ2) is 9.42. The Morgan fingerprint density at radius 2 is 2.00 bits per heavy atom. The number of fused-ring (bicyclic) bond motifs is 4. The normalized spacial score (nSPS) is 19.3. The predicted molar refractivity (Wildman–Crippen MR) is 135 cm³/mol. The van der Waals surface area contributed by atoms with Gasteiger partial charge in [-0.25, -0.2) is 22.8 Å². The lowest BCUT2D eigenvalue weighted by Crippen LogP contribution is -2.37. The molecule has 0 saturated carbocycles. The number of carbonyl (C=O) groups excluding carboxylic acids is 3. The molecule has 204 valence electrons. The van der Waals surface area contributed by atoms with E-state index in [1.165, 1.54) is 11.3 Å². The molecule has 6 rings (SSSR count). The van der Waals surface area contributed by atoms with Crippen LogP contribution in [0, 0.1) is 0 Å². The number of ether oxygens (including phenoxy) is 1. The van der Waals surface area contributed by atoms with Gasteiger partial charge in [-0.3, -0.25) is 9.59 Å². The molecule has 2 amide bonds. The molecule has 1 atom stereocenters. The Morgan fingerprint density at radius 3 is 2.74 bits per heavy atom. The van der Waals surface area contributed by atoms with E-state index in [0.717, 1.165) is 60.2 Å². The van der Waals surface area contributed by atoms with Crippen molar-refractivity contribution in [3.05, 3.63) is 46.1 Å². The number of benzene rings is 2. The molecule has 2 aromatic carbocycles. The van der Waals surface area contributed by atoms with Crippen LogP contribution in [0.2, 0.25) is 0 Å². The number of hydrogen-bond acceptors (Lipinski definition) is 10. The third kappa shape index (κ3) is 4.55. The van der Waals surface area contributed by atoms with Crippen molar-refractivity contribution in [3.8, 4) is 11.5 Å². The van der Waals surface area contributed by atoms with E-state index in [-0.39, 0.29) is 11.5 Å². The summed E-state index contributed by atoms with van der Waals surface area (Å²) in [5.41, 5.74) is 4.43. The SMILES string of the molecule is CCN1CCc2cc3c(cc21)Oc1cc2c(cc1=N3)CC[N+]=2CCCC(=O)ON1C(=O)CC(S(=O)(=O)[O-])C1=O. The van der Waals surface area contributed by atoms with Gasteiger partial charge in [0, 0.05) is 43.2 Å². The van der Waals surface area contributed by atoms with Crippen molar-refractivity contribution in [2.75, 3.05) is 31.1 Å². The second-order valence-corrected chi connectivity index (χ2v) is 11.5. The van der Waals surface area contributed by atoms with Gasteiger partial charge in [-0.2, -0.15) is 0 Å². The molecule has 0 spiro atoms. The summed E-state index contributed by atoms with van der Waals surface area (Å²) in [5.74, 6) is -1.83. The van der Waals surface area contributed by atoms with Gasteiger partial charge in [0.05, 0.1) is 18.9 Å². The lowest BCUT2D eigenvalue weighted by Gasteiger charge is -2.20. The third-order valence-electron chi connectivity index (χ3n) is 7.56. The van der Waals surface area contributed by atoms with Crippen LogP contribution in [0.15, 0.2) is 29.3 Å². The van der Waals surface area contributed by atoms with Crippen molar-refractivity contribution < 1.29 is 36.9 Å². The first kappa shape index (κ1) is 25.4. The van der Waals surface area contributed by atoms with Crippen LogP contribution in [-0.2, 0) is 42.2 Å². The van der Waals surface area contributed by atoms with Crippen molar-refractivity contribution in [1.29, 1.82) is 0 Å². The second-order valence-electron chi connectivity index (χ2n) is 9.96. The van der Waals surface area contributed by atoms with Crippen molar-refractivity contribution in [3.63, 3.8) is 0 Å². The van der Waals surface area contributed by atoms with Gasteiger partial charge in [0.1, 0.15) is 39.5 Å². The molecule has 12 nitrogen and oxygen atoms in total. The molecule has 1 fully saturated rings. The van der Waals surface area contributed by atoms with Crippen molar-refractivity contribution >= 4 is 39.3 Å². The van der Waals surface area contributed by atoms with Crippen LogP contribution in [0.4, 0.5) is 11.4 Å². The summed E-state index contributed by atoms with van der Waals surface area (Å²) in [6, 6.07) is 8.19. The highest BCUT2D eigenvalue weighted by Gasteiger charge is 2.45. The monoisotopic (exact) mass is 554 g/mol. The molecule has 0 bridgehead atoms. The van der Waals surface area contributed by atoms with Crippen molar-refractivity contribution in [2.45, 2.75) is 44.3 Å².